The summed E-state index contributed by atoms with van der Waals surface area (Å²) in [5.74, 6) is 0.855. The molecule has 0 aliphatic heterocycles. The molecular formula is C16H16. The quantitative estimate of drug-likeness (QED) is 0.677. The molecule has 3 rings (SSSR count). The normalized spacial score (nSPS) is 22.2. The number of hydrogen-bond donors (Lipinski definition) is 0. The maximum atomic E-state index is 2.47. The molecule has 0 heterocycles. The van der Waals surface area contributed by atoms with Crippen molar-refractivity contribution < 1.29 is 0 Å². The van der Waals surface area contributed by atoms with Crippen LogP contribution in [0.2, 0.25) is 0 Å². The average Bonchev–Trinajstić information content (AvgIpc) is 3.15. The van der Waals surface area contributed by atoms with E-state index in [2.05, 4.69) is 54.6 Å². The van der Waals surface area contributed by atoms with Crippen molar-refractivity contribution in [2.24, 2.45) is 5.92 Å². The van der Waals surface area contributed by atoms with Gasteiger partial charge in [0.25, 0.3) is 0 Å². The molecule has 0 heteroatoms. The zero-order valence-electron chi connectivity index (χ0n) is 9.39. The number of rotatable bonds is 2. The van der Waals surface area contributed by atoms with E-state index in [-0.39, 0.29) is 0 Å². The van der Waals surface area contributed by atoms with Crippen LogP contribution in [-0.2, 0) is 0 Å². The molecule has 0 nitrogen and oxygen atoms in total. The zero-order chi connectivity index (χ0) is 10.8. The Morgan fingerprint density at radius 3 is 2.62 bits per heavy atom. The zero-order valence-corrected chi connectivity index (χ0v) is 9.39. The Hall–Kier alpha value is -1.56. The first kappa shape index (κ1) is 9.65. The fourth-order valence-corrected chi connectivity index (χ4v) is 2.18. The maximum absolute atomic E-state index is 2.47. The molecule has 1 fully saturated rings. The Labute approximate surface area is 97.0 Å². The lowest BCUT2D eigenvalue weighted by Gasteiger charge is -2.14. The molecule has 0 amide bonds. The summed E-state index contributed by atoms with van der Waals surface area (Å²) in [6.45, 7) is 0. The summed E-state index contributed by atoms with van der Waals surface area (Å²) < 4.78 is 0. The van der Waals surface area contributed by atoms with Crippen LogP contribution in [0.3, 0.4) is 0 Å². The van der Waals surface area contributed by atoms with Gasteiger partial charge in [-0.05, 0) is 41.9 Å². The molecule has 1 aromatic rings. The van der Waals surface area contributed by atoms with Crippen LogP contribution < -0.4 is 0 Å². The lowest BCUT2D eigenvalue weighted by atomic mass is 9.91. The SMILES string of the molecule is C1=CCC(=CC2CC2)C(c2ccccc2)=C1. The molecule has 0 spiro atoms. The second kappa shape index (κ2) is 4.13. The van der Waals surface area contributed by atoms with Gasteiger partial charge >= 0.3 is 0 Å². The van der Waals surface area contributed by atoms with Crippen molar-refractivity contribution in [3.63, 3.8) is 0 Å². The van der Waals surface area contributed by atoms with Crippen molar-refractivity contribution in [3.8, 4) is 0 Å². The molecule has 16 heavy (non-hydrogen) atoms. The van der Waals surface area contributed by atoms with Gasteiger partial charge in [-0.2, -0.15) is 0 Å². The van der Waals surface area contributed by atoms with Crippen molar-refractivity contribution in [3.05, 3.63) is 65.8 Å². The van der Waals surface area contributed by atoms with Crippen LogP contribution >= 0.6 is 0 Å². The van der Waals surface area contributed by atoms with Gasteiger partial charge in [0.2, 0.25) is 0 Å². The smallest absolute Gasteiger partial charge is 0.00912 e. The van der Waals surface area contributed by atoms with Crippen LogP contribution in [0.1, 0.15) is 24.8 Å². The molecule has 0 N–H and O–H groups in total. The van der Waals surface area contributed by atoms with Crippen LogP contribution in [0, 0.1) is 5.92 Å². The predicted octanol–water partition coefficient (Wildman–Crippen LogP) is 4.37. The minimum Gasteiger partial charge on any atom is -0.0801 e. The van der Waals surface area contributed by atoms with Gasteiger partial charge in [0.1, 0.15) is 0 Å². The third-order valence-corrected chi connectivity index (χ3v) is 3.23. The number of hydrogen-bond acceptors (Lipinski definition) is 0. The summed E-state index contributed by atoms with van der Waals surface area (Å²) >= 11 is 0. The summed E-state index contributed by atoms with van der Waals surface area (Å²) in [5, 5.41) is 0. The van der Waals surface area contributed by atoms with Crippen LogP contribution in [-0.4, -0.2) is 0 Å². The summed E-state index contributed by atoms with van der Waals surface area (Å²) in [5.41, 5.74) is 4.27. The first-order valence-electron chi connectivity index (χ1n) is 6.07. The minimum atomic E-state index is 0.855. The highest BCUT2D eigenvalue weighted by Gasteiger charge is 2.20. The largest absolute Gasteiger partial charge is 0.0801 e. The van der Waals surface area contributed by atoms with Gasteiger partial charge < -0.3 is 0 Å². The molecule has 0 atom stereocenters. The van der Waals surface area contributed by atoms with E-state index in [1.54, 1.807) is 0 Å². The minimum absolute atomic E-state index is 0.855. The third-order valence-electron chi connectivity index (χ3n) is 3.23. The lowest BCUT2D eigenvalue weighted by molar-refractivity contribution is 1.08. The van der Waals surface area contributed by atoms with Crippen LogP contribution in [0.15, 0.2) is 60.2 Å². The molecule has 80 valence electrons. The number of benzene rings is 1. The Bertz CT molecular complexity index is 456. The highest BCUT2D eigenvalue weighted by Crippen LogP contribution is 2.36. The molecule has 0 saturated heterocycles. The fraction of sp³-hybridized carbons (Fsp3) is 0.250. The molecular weight excluding hydrogens is 192 g/mol. The van der Waals surface area contributed by atoms with Crippen molar-refractivity contribution >= 4 is 5.57 Å². The first-order chi connectivity index (χ1) is 7.93. The van der Waals surface area contributed by atoms with E-state index in [1.807, 2.05) is 0 Å². The van der Waals surface area contributed by atoms with Gasteiger partial charge in [-0.25, -0.2) is 0 Å². The highest BCUT2D eigenvalue weighted by atomic mass is 14.3. The van der Waals surface area contributed by atoms with E-state index in [1.165, 1.54) is 29.6 Å². The van der Waals surface area contributed by atoms with Crippen molar-refractivity contribution in [2.75, 3.05) is 0 Å². The Kier molecular flexibility index (Phi) is 2.49. The van der Waals surface area contributed by atoms with Gasteiger partial charge in [0, 0.05) is 0 Å². The van der Waals surface area contributed by atoms with E-state index in [0.29, 0.717) is 0 Å². The second-order valence-electron chi connectivity index (χ2n) is 4.61. The molecule has 0 bridgehead atoms. The molecule has 0 radical (unpaired) electrons. The molecule has 2 aliphatic rings. The topological polar surface area (TPSA) is 0 Å². The van der Waals surface area contributed by atoms with Crippen LogP contribution in [0.4, 0.5) is 0 Å². The summed E-state index contributed by atoms with van der Waals surface area (Å²) in [6, 6.07) is 10.7. The Morgan fingerprint density at radius 1 is 1.06 bits per heavy atom. The Balaban J connectivity index is 1.96. The predicted molar refractivity (Wildman–Crippen MR) is 69.0 cm³/mol. The number of allylic oxidation sites excluding steroid dienone is 6. The van der Waals surface area contributed by atoms with E-state index < -0.39 is 0 Å². The first-order valence-corrected chi connectivity index (χ1v) is 6.07. The Morgan fingerprint density at radius 2 is 1.88 bits per heavy atom. The second-order valence-corrected chi connectivity index (χ2v) is 4.61. The fourth-order valence-electron chi connectivity index (χ4n) is 2.18. The molecule has 0 aromatic heterocycles. The van der Waals surface area contributed by atoms with Gasteiger partial charge in [-0.3, -0.25) is 0 Å². The molecule has 1 saturated carbocycles. The third kappa shape index (κ3) is 2.01. The van der Waals surface area contributed by atoms with Gasteiger partial charge in [-0.1, -0.05) is 54.6 Å². The average molecular weight is 208 g/mol. The van der Waals surface area contributed by atoms with E-state index in [0.717, 1.165) is 12.3 Å². The van der Waals surface area contributed by atoms with Gasteiger partial charge in [0.05, 0.1) is 0 Å². The monoisotopic (exact) mass is 208 g/mol. The van der Waals surface area contributed by atoms with Gasteiger partial charge in [0.15, 0.2) is 0 Å². The van der Waals surface area contributed by atoms with Crippen LogP contribution in [0.5, 0.6) is 0 Å². The summed E-state index contributed by atoms with van der Waals surface area (Å²) in [4.78, 5) is 0. The van der Waals surface area contributed by atoms with E-state index in [9.17, 15) is 0 Å². The van der Waals surface area contributed by atoms with Crippen molar-refractivity contribution in [1.82, 2.24) is 0 Å². The maximum Gasteiger partial charge on any atom is -0.00912 e. The van der Waals surface area contributed by atoms with E-state index >= 15 is 0 Å². The van der Waals surface area contributed by atoms with Gasteiger partial charge in [-0.15, -0.1) is 0 Å². The summed E-state index contributed by atoms with van der Waals surface area (Å²) in [7, 11) is 0. The van der Waals surface area contributed by atoms with Crippen LogP contribution in [0.25, 0.3) is 5.57 Å². The molecule has 2 aliphatic carbocycles. The van der Waals surface area contributed by atoms with E-state index in [4.69, 9.17) is 0 Å². The highest BCUT2D eigenvalue weighted by molar-refractivity contribution is 5.81. The lowest BCUT2D eigenvalue weighted by Crippen LogP contribution is -1.93. The van der Waals surface area contributed by atoms with Crippen molar-refractivity contribution in [2.45, 2.75) is 19.3 Å². The van der Waals surface area contributed by atoms with Crippen molar-refractivity contribution in [1.29, 1.82) is 0 Å². The molecule has 0 unspecified atom stereocenters. The molecule has 1 aromatic carbocycles. The summed E-state index contributed by atoms with van der Waals surface area (Å²) in [6.07, 6.45) is 13.0. The standard InChI is InChI=1S/C16H16/c1-2-6-14(7-3-1)16-9-5-4-8-15(16)12-13-10-11-13/h1-7,9,12-13H,8,10-11H2.